The number of aldehydes is 2. The van der Waals surface area contributed by atoms with Gasteiger partial charge in [-0.05, 0) is 133 Å². The van der Waals surface area contributed by atoms with Crippen LogP contribution in [-0.4, -0.2) is 345 Å². The molecule has 7 aliphatic rings. The predicted molar refractivity (Wildman–Crippen MR) is 426 cm³/mol. The molecule has 0 saturated carbocycles. The molecule has 118 heavy (non-hydrogen) atoms. The Morgan fingerprint density at radius 1 is 0.466 bits per heavy atom. The number of rotatable bonds is 24. The largest absolute Gasteiger partial charge is 0.462 e. The number of likely N-dealkylation sites (N-methyl/N-ethyl adjacent to an activating group) is 2. The van der Waals surface area contributed by atoms with Crippen molar-refractivity contribution in [2.24, 2.45) is 47.3 Å². The van der Waals surface area contributed by atoms with Gasteiger partial charge in [0, 0.05) is 83.2 Å². The van der Waals surface area contributed by atoms with E-state index in [-0.39, 0.29) is 56.9 Å². The van der Waals surface area contributed by atoms with Crippen molar-refractivity contribution in [2.45, 2.75) is 338 Å². The van der Waals surface area contributed by atoms with Crippen LogP contribution in [0.2, 0.25) is 0 Å². The van der Waals surface area contributed by atoms with Crippen LogP contribution < -0.4 is 0 Å². The summed E-state index contributed by atoms with van der Waals surface area (Å²) in [6, 6.07) is -1.49. The van der Waals surface area contributed by atoms with Crippen molar-refractivity contribution in [1.29, 1.82) is 0 Å². The lowest BCUT2D eigenvalue weighted by atomic mass is 9.79. The minimum absolute atomic E-state index is 0.00788. The van der Waals surface area contributed by atoms with Crippen LogP contribution in [0.4, 0.5) is 0 Å². The van der Waals surface area contributed by atoms with Gasteiger partial charge >= 0.3 is 11.9 Å². The second kappa shape index (κ2) is 47.6. The molecule has 12 unspecified atom stereocenters. The van der Waals surface area contributed by atoms with Crippen molar-refractivity contribution in [3.63, 3.8) is 0 Å². The maximum atomic E-state index is 13.8. The van der Waals surface area contributed by atoms with Gasteiger partial charge in [-0.1, -0.05) is 77.0 Å². The number of methoxy groups -OCH3 is 4. The molecule has 33 heteroatoms. The number of nitrogens with zero attached hydrogens (tertiary/aromatic N) is 2. The fourth-order valence-corrected chi connectivity index (χ4v) is 17.3. The second-order valence-corrected chi connectivity index (χ2v) is 34.1. The van der Waals surface area contributed by atoms with Gasteiger partial charge in [-0.15, -0.1) is 0 Å². The lowest BCUT2D eigenvalue weighted by molar-refractivity contribution is -0.341. The summed E-state index contributed by atoms with van der Waals surface area (Å²) in [5, 5.41) is 100.0. The summed E-state index contributed by atoms with van der Waals surface area (Å²) in [5.41, 5.74) is -0.105. The molecule has 0 aliphatic carbocycles. The molecule has 33 nitrogen and oxygen atoms in total. The van der Waals surface area contributed by atoms with Crippen molar-refractivity contribution in [1.82, 2.24) is 9.80 Å². The molecule has 0 aromatic carbocycles. The number of carbonyl (C=O) groups excluding carboxylic acids is 6. The Kier molecular flexibility index (Phi) is 41.3. The molecule has 0 radical (unpaired) electrons. The first kappa shape index (κ1) is 102. The van der Waals surface area contributed by atoms with Crippen molar-refractivity contribution < 1.29 is 151 Å². The first-order valence-electron chi connectivity index (χ1n) is 41.7. The number of hydrogen-bond acceptors (Lipinski definition) is 33. The average Bonchev–Trinajstić information content (AvgIpc) is 0.758. The van der Waals surface area contributed by atoms with E-state index in [1.807, 2.05) is 39.8 Å². The quantitative estimate of drug-likeness (QED) is 0.0494. The molecule has 38 atom stereocenters. The summed E-state index contributed by atoms with van der Waals surface area (Å²) in [6.07, 6.45) is -13.9. The summed E-state index contributed by atoms with van der Waals surface area (Å²) < 4.78 is 96.3. The van der Waals surface area contributed by atoms with E-state index >= 15 is 0 Å². The Bertz CT molecular complexity index is 3230. The zero-order valence-electron chi connectivity index (χ0n) is 73.2. The first-order chi connectivity index (χ1) is 55.6. The lowest BCUT2D eigenvalue weighted by Gasteiger charge is -2.50. The molecular formula is C85H142N2O31. The Morgan fingerprint density at radius 2 is 0.839 bits per heavy atom. The third-order valence-corrected chi connectivity index (χ3v) is 24.5. The third kappa shape index (κ3) is 27.1. The normalized spacial score (nSPS) is 44.9. The van der Waals surface area contributed by atoms with Crippen LogP contribution in [0.3, 0.4) is 0 Å². The van der Waals surface area contributed by atoms with Crippen LogP contribution in [0, 0.1) is 47.3 Å². The Labute approximate surface area is 696 Å². The van der Waals surface area contributed by atoms with E-state index in [0.29, 0.717) is 24.0 Å². The Morgan fingerprint density at radius 3 is 1.20 bits per heavy atom. The van der Waals surface area contributed by atoms with Gasteiger partial charge in [0.15, 0.2) is 43.0 Å². The van der Waals surface area contributed by atoms with Gasteiger partial charge in [-0.25, -0.2) is 0 Å². The number of ketones is 2. The number of carbonyl (C=O) groups is 6. The number of esters is 2. The van der Waals surface area contributed by atoms with E-state index in [2.05, 4.69) is 0 Å². The minimum atomic E-state index is -1.49. The summed E-state index contributed by atoms with van der Waals surface area (Å²) in [6.45, 7) is 24.1. The lowest BCUT2D eigenvalue weighted by Crippen LogP contribution is -2.65. The van der Waals surface area contributed by atoms with Gasteiger partial charge < -0.3 is 141 Å². The fraction of sp³-hybridized carbons (Fsp3) is 0.835. The molecule has 5 saturated heterocycles. The van der Waals surface area contributed by atoms with Crippen LogP contribution in [0.25, 0.3) is 0 Å². The number of ether oxygens (including phenoxy) is 16. The highest BCUT2D eigenvalue weighted by molar-refractivity contribution is 5.92. The van der Waals surface area contributed by atoms with Gasteiger partial charge in [-0.2, -0.15) is 0 Å². The van der Waals surface area contributed by atoms with Gasteiger partial charge in [0.25, 0.3) is 0 Å². The number of aliphatic hydroxyl groups is 9. The van der Waals surface area contributed by atoms with E-state index < -0.39 is 256 Å². The van der Waals surface area contributed by atoms with Crippen molar-refractivity contribution in [2.75, 3.05) is 69.8 Å². The van der Waals surface area contributed by atoms with E-state index in [0.717, 1.165) is 12.6 Å². The zero-order valence-corrected chi connectivity index (χ0v) is 73.2. The predicted octanol–water partition coefficient (Wildman–Crippen LogP) is 3.40. The molecular weight excluding hydrogens is 1540 g/mol. The molecule has 7 rings (SSSR count). The van der Waals surface area contributed by atoms with E-state index in [4.69, 9.17) is 75.8 Å². The summed E-state index contributed by atoms with van der Waals surface area (Å²) in [7, 11) is 12.8. The van der Waals surface area contributed by atoms with Crippen LogP contribution in [0.5, 0.6) is 0 Å². The minimum Gasteiger partial charge on any atom is -0.462 e. The highest BCUT2D eigenvalue weighted by atomic mass is 16.7. The third-order valence-electron chi connectivity index (χ3n) is 24.5. The number of allylic oxidation sites excluding steroid dienone is 6. The molecule has 7 aliphatic heterocycles. The number of aliphatic hydroxyl groups excluding tert-OH is 8. The monoisotopic (exact) mass is 1690 g/mol. The summed E-state index contributed by atoms with van der Waals surface area (Å²) in [4.78, 5) is 82.3. The second-order valence-electron chi connectivity index (χ2n) is 34.1. The van der Waals surface area contributed by atoms with E-state index in [1.54, 1.807) is 112 Å². The average molecular weight is 1690 g/mol. The van der Waals surface area contributed by atoms with Gasteiger partial charge in [0.2, 0.25) is 0 Å². The molecule has 7 heterocycles. The zero-order chi connectivity index (χ0) is 88.2. The fourth-order valence-electron chi connectivity index (χ4n) is 17.3. The van der Waals surface area contributed by atoms with Crippen LogP contribution in [-0.2, 0) is 105 Å². The van der Waals surface area contributed by atoms with Crippen LogP contribution in [0.1, 0.15) is 155 Å². The smallest absolute Gasteiger partial charge is 0.308 e. The molecule has 678 valence electrons. The summed E-state index contributed by atoms with van der Waals surface area (Å²) >= 11 is 0. The first-order valence-corrected chi connectivity index (χ1v) is 41.7. The van der Waals surface area contributed by atoms with Crippen molar-refractivity contribution in [3.8, 4) is 0 Å². The topological polar surface area (TPSA) is 439 Å². The Balaban J connectivity index is 0.000000372. The van der Waals surface area contributed by atoms with Crippen molar-refractivity contribution in [3.05, 3.63) is 47.6 Å². The highest BCUT2D eigenvalue weighted by Crippen LogP contribution is 2.40. The van der Waals surface area contributed by atoms with Crippen LogP contribution >= 0.6 is 0 Å². The van der Waals surface area contributed by atoms with Crippen molar-refractivity contribution >= 4 is 36.1 Å². The number of hydrogen-bond donors (Lipinski definition) is 9. The molecule has 0 amide bonds. The van der Waals surface area contributed by atoms with Gasteiger partial charge in [-0.3, -0.25) is 19.2 Å². The van der Waals surface area contributed by atoms with Crippen LogP contribution in [0.15, 0.2) is 47.6 Å². The SMILES string of the molecule is CC[C@H]1OC(=O)C[C@@H](O)[C@H](C)[C@@H](O[C@@H]2OC(C)[C@@H](O)C(N(C)C)C2O)[C@@H](CC=O)C[C@@H](C)C(=O)/C=C/C(C)=C/[C@@H]1CO[C@@H]1OC(C)[C@@H](O)[C@H](OC)C1OC.CC[C@H]1OC(=O)C[C@@H](O)[C@H](C)[C@@H](O[C@@H]2OC(C)[C@@H](O[C@H]3CC(C)(O)[C@@H](O)C(C)O3)C(N(C)C)C2O)[C@@H](CC=O)C[C@@H](C)C(=O)/C=C/C(C)=C/[C@@H]1CO[C@@H]1OC(C)[C@@H](O)[C@H](OC)C1OC. The maximum Gasteiger partial charge on any atom is 0.308 e. The van der Waals surface area contributed by atoms with E-state index in [1.165, 1.54) is 47.5 Å². The molecule has 0 spiro atoms. The highest BCUT2D eigenvalue weighted by Gasteiger charge is 2.54. The van der Waals surface area contributed by atoms with Gasteiger partial charge in [0.1, 0.15) is 85.8 Å². The molecule has 0 aromatic rings. The summed E-state index contributed by atoms with van der Waals surface area (Å²) in [5.74, 6) is -6.96. The maximum absolute atomic E-state index is 13.8. The molecule has 0 aromatic heterocycles. The van der Waals surface area contributed by atoms with Gasteiger partial charge in [0.05, 0.1) is 105 Å². The molecule has 5 fully saturated rings. The molecule has 0 bridgehead atoms. The standard InChI is InChI=1S/C46H77NO17.C39H65NO14/c1-13-33-30(22-58-45-42(57-12)41(56-11)37(52)26(5)60-45)18-23(2)14-15-31(49)24(3)19-29(16-17-48)39(25(4)32(50)20-34(51)62-33)64-44-38(53)36(47(9)10)40(27(6)61-44)63-35-21-46(8,55)43(54)28(7)59-35;1-11-29-26(19-50-39-37(49-10)36(48-9)33(46)24(6)52-39)16-20(2)12-13-27(42)21(3)17-25(14-15-41)35(22(4)28(43)18-30(44)53-29)54-38-34(47)31(40(7)8)32(45)23(5)51-38/h14-15,17-18,24-30,32-33,35-45,50,52-55H,13,16,19-22H2,1-12H3;12-13,15-16,21-26,28-29,31-39,43,45-47H,11,14,17-19H2,1-10H3/b15-14+,23-18+;13-12+,20-16+/t24-,25+,26?,27?,28?,29+,30-,32-,33-,35+,36?,37-,38?,39-,40-,41+,42?,43+,44+,45-,46?;21-,22+,23?,24?,25+,26-,28-,29-,31?,32-,33-,34?,35-,36+,37?,38+,39-/m11/s1. The number of cyclic esters (lactones) is 2. The molecule has 9 N–H and O–H groups in total. The Hall–Kier alpha value is -4.42. The van der Waals surface area contributed by atoms with E-state index in [9.17, 15) is 74.7 Å².